The Hall–Kier alpha value is -1.64. The van der Waals surface area contributed by atoms with Crippen LogP contribution in [-0.4, -0.2) is 13.2 Å². The molecule has 0 fully saturated rings. The van der Waals surface area contributed by atoms with Gasteiger partial charge in [0.15, 0.2) is 0 Å². The van der Waals surface area contributed by atoms with E-state index >= 15 is 0 Å². The molecule has 2 aromatic carbocycles. The molecule has 0 spiro atoms. The van der Waals surface area contributed by atoms with E-state index in [9.17, 15) is 0 Å². The van der Waals surface area contributed by atoms with Gasteiger partial charge in [0.1, 0.15) is 6.10 Å². The van der Waals surface area contributed by atoms with Gasteiger partial charge in [-0.2, -0.15) is 0 Å². The highest BCUT2D eigenvalue weighted by Gasteiger charge is 2.16. The van der Waals surface area contributed by atoms with Gasteiger partial charge in [0.05, 0.1) is 6.61 Å². The molecule has 0 radical (unpaired) electrons. The fourth-order valence-electron chi connectivity index (χ4n) is 2.29. The van der Waals surface area contributed by atoms with Crippen molar-refractivity contribution < 1.29 is 4.74 Å². The van der Waals surface area contributed by atoms with Gasteiger partial charge in [-0.3, -0.25) is 0 Å². The first-order valence-corrected chi connectivity index (χ1v) is 6.81. The average molecular weight is 255 g/mol. The van der Waals surface area contributed by atoms with Crippen LogP contribution in [0.25, 0.3) is 0 Å². The maximum absolute atomic E-state index is 5.98. The third-order valence-electron chi connectivity index (χ3n) is 3.22. The number of hydrogen-bond acceptors (Lipinski definition) is 2. The van der Waals surface area contributed by atoms with Crippen LogP contribution in [-0.2, 0) is 11.2 Å². The van der Waals surface area contributed by atoms with Crippen molar-refractivity contribution in [2.75, 3.05) is 13.2 Å². The summed E-state index contributed by atoms with van der Waals surface area (Å²) in [6.45, 7) is 3.28. The summed E-state index contributed by atoms with van der Waals surface area (Å²) in [6, 6.07) is 18.8. The zero-order valence-corrected chi connectivity index (χ0v) is 11.4. The molecule has 0 aromatic heterocycles. The van der Waals surface area contributed by atoms with Gasteiger partial charge in [0.2, 0.25) is 0 Å². The highest BCUT2D eigenvalue weighted by Crippen LogP contribution is 2.28. The number of rotatable bonds is 6. The first-order valence-electron chi connectivity index (χ1n) is 6.81. The number of aryl methyl sites for hydroxylation is 1. The van der Waals surface area contributed by atoms with Crippen molar-refractivity contribution in [1.82, 2.24) is 0 Å². The van der Waals surface area contributed by atoms with E-state index in [2.05, 4.69) is 43.3 Å². The molecular weight excluding hydrogens is 234 g/mol. The molecule has 0 heterocycles. The topological polar surface area (TPSA) is 35.2 Å². The molecular formula is C17H21NO. The lowest BCUT2D eigenvalue weighted by molar-refractivity contribution is 0.0859. The Kier molecular flexibility index (Phi) is 5.13. The van der Waals surface area contributed by atoms with Crippen LogP contribution < -0.4 is 5.73 Å². The minimum absolute atomic E-state index is 0.0269. The van der Waals surface area contributed by atoms with E-state index in [1.54, 1.807) is 0 Å². The third-order valence-corrected chi connectivity index (χ3v) is 3.22. The van der Waals surface area contributed by atoms with Gasteiger partial charge in [0.25, 0.3) is 0 Å². The second-order valence-corrected chi connectivity index (χ2v) is 4.50. The highest BCUT2D eigenvalue weighted by molar-refractivity contribution is 5.36. The van der Waals surface area contributed by atoms with E-state index in [1.807, 2.05) is 18.2 Å². The van der Waals surface area contributed by atoms with Gasteiger partial charge >= 0.3 is 0 Å². The Morgan fingerprint density at radius 1 is 1.00 bits per heavy atom. The maximum Gasteiger partial charge on any atom is 0.108 e. The van der Waals surface area contributed by atoms with Gasteiger partial charge in [-0.25, -0.2) is 0 Å². The summed E-state index contributed by atoms with van der Waals surface area (Å²) in [6.07, 6.45) is 0.979. The minimum Gasteiger partial charge on any atom is -0.367 e. The van der Waals surface area contributed by atoms with Crippen LogP contribution in [0.4, 0.5) is 0 Å². The largest absolute Gasteiger partial charge is 0.367 e. The normalized spacial score (nSPS) is 12.3. The lowest BCUT2D eigenvalue weighted by Crippen LogP contribution is -2.15. The van der Waals surface area contributed by atoms with Crippen LogP contribution in [0.2, 0.25) is 0 Å². The van der Waals surface area contributed by atoms with Crippen LogP contribution in [0, 0.1) is 0 Å². The zero-order valence-electron chi connectivity index (χ0n) is 11.4. The summed E-state index contributed by atoms with van der Waals surface area (Å²) in [5.74, 6) is 0. The van der Waals surface area contributed by atoms with Crippen molar-refractivity contribution in [1.29, 1.82) is 0 Å². The van der Waals surface area contributed by atoms with E-state index in [0.717, 1.165) is 6.42 Å². The molecule has 1 unspecified atom stereocenters. The maximum atomic E-state index is 5.98. The van der Waals surface area contributed by atoms with E-state index < -0.39 is 0 Å². The van der Waals surface area contributed by atoms with Crippen molar-refractivity contribution in [3.05, 3.63) is 71.3 Å². The molecule has 2 heteroatoms. The summed E-state index contributed by atoms with van der Waals surface area (Å²) < 4.78 is 5.98. The van der Waals surface area contributed by atoms with Crippen molar-refractivity contribution in [2.24, 2.45) is 5.73 Å². The van der Waals surface area contributed by atoms with Gasteiger partial charge in [-0.15, -0.1) is 0 Å². The number of benzene rings is 2. The van der Waals surface area contributed by atoms with Crippen LogP contribution in [0.1, 0.15) is 29.7 Å². The third kappa shape index (κ3) is 3.43. The average Bonchev–Trinajstić information content (AvgIpc) is 2.49. The van der Waals surface area contributed by atoms with Crippen molar-refractivity contribution in [3.63, 3.8) is 0 Å². The predicted octanol–water partition coefficient (Wildman–Crippen LogP) is 3.31. The van der Waals surface area contributed by atoms with Crippen molar-refractivity contribution in [2.45, 2.75) is 19.4 Å². The molecule has 100 valence electrons. The van der Waals surface area contributed by atoms with Crippen LogP contribution >= 0.6 is 0 Å². The lowest BCUT2D eigenvalue weighted by atomic mass is 9.95. The molecule has 0 aliphatic heterocycles. The zero-order chi connectivity index (χ0) is 13.5. The molecule has 19 heavy (non-hydrogen) atoms. The number of nitrogens with two attached hydrogens (primary N) is 1. The van der Waals surface area contributed by atoms with E-state index in [1.165, 1.54) is 16.7 Å². The van der Waals surface area contributed by atoms with Crippen LogP contribution in [0.3, 0.4) is 0 Å². The van der Waals surface area contributed by atoms with Gasteiger partial charge in [-0.1, -0.05) is 61.5 Å². The Morgan fingerprint density at radius 2 is 1.68 bits per heavy atom. The van der Waals surface area contributed by atoms with Crippen molar-refractivity contribution >= 4 is 0 Å². The Balaban J connectivity index is 2.37. The summed E-state index contributed by atoms with van der Waals surface area (Å²) in [4.78, 5) is 0. The molecule has 0 saturated heterocycles. The Labute approximate surface area is 115 Å². The molecule has 2 nitrogen and oxygen atoms in total. The summed E-state index contributed by atoms with van der Waals surface area (Å²) in [5.41, 5.74) is 9.32. The van der Waals surface area contributed by atoms with Gasteiger partial charge < -0.3 is 10.5 Å². The summed E-state index contributed by atoms with van der Waals surface area (Å²) in [7, 11) is 0. The van der Waals surface area contributed by atoms with Crippen molar-refractivity contribution in [3.8, 4) is 0 Å². The molecule has 1 atom stereocenters. The SMILES string of the molecule is CCc1ccccc1C(OCCN)c1ccccc1. The second-order valence-electron chi connectivity index (χ2n) is 4.50. The number of ether oxygens (including phenoxy) is 1. The van der Waals surface area contributed by atoms with Gasteiger partial charge in [-0.05, 0) is 23.1 Å². The molecule has 0 saturated carbocycles. The molecule has 0 amide bonds. The van der Waals surface area contributed by atoms with Gasteiger partial charge in [0, 0.05) is 6.54 Å². The lowest BCUT2D eigenvalue weighted by Gasteiger charge is -2.21. The molecule has 0 bridgehead atoms. The molecule has 2 N–H and O–H groups in total. The smallest absolute Gasteiger partial charge is 0.108 e. The first kappa shape index (κ1) is 13.8. The summed E-state index contributed by atoms with van der Waals surface area (Å²) in [5, 5.41) is 0. The molecule has 2 aromatic rings. The fraction of sp³-hybridized carbons (Fsp3) is 0.294. The quantitative estimate of drug-likeness (QED) is 0.859. The highest BCUT2D eigenvalue weighted by atomic mass is 16.5. The molecule has 2 rings (SSSR count). The van der Waals surface area contributed by atoms with E-state index in [4.69, 9.17) is 10.5 Å². The minimum atomic E-state index is -0.0269. The first-order chi connectivity index (χ1) is 9.36. The van der Waals surface area contributed by atoms with Crippen LogP contribution in [0.5, 0.6) is 0 Å². The molecule has 0 aliphatic carbocycles. The Morgan fingerprint density at radius 3 is 2.37 bits per heavy atom. The summed E-state index contributed by atoms with van der Waals surface area (Å²) >= 11 is 0. The van der Waals surface area contributed by atoms with E-state index in [-0.39, 0.29) is 6.10 Å². The number of hydrogen-bond donors (Lipinski definition) is 1. The standard InChI is InChI=1S/C17H21NO/c1-2-14-8-6-7-11-16(14)17(19-13-12-18)15-9-4-3-5-10-15/h3-11,17H,2,12-13,18H2,1H3. The monoisotopic (exact) mass is 255 g/mol. The predicted molar refractivity (Wildman–Crippen MR) is 79.1 cm³/mol. The van der Waals surface area contributed by atoms with Crippen LogP contribution in [0.15, 0.2) is 54.6 Å². The van der Waals surface area contributed by atoms with E-state index in [0.29, 0.717) is 13.2 Å². The Bertz CT molecular complexity index is 496. The molecule has 0 aliphatic rings. The second kappa shape index (κ2) is 7.07. The fourth-order valence-corrected chi connectivity index (χ4v) is 2.29.